The van der Waals surface area contributed by atoms with E-state index in [1.165, 1.54) is 53.1 Å². The number of hydrogen-bond acceptors (Lipinski definition) is 6. The van der Waals surface area contributed by atoms with Gasteiger partial charge in [0.1, 0.15) is 5.82 Å². The molecule has 0 unspecified atom stereocenters. The largest absolute Gasteiger partial charge is 0.293 e. The van der Waals surface area contributed by atoms with E-state index in [4.69, 9.17) is 0 Å². The maximum Gasteiger partial charge on any atom is 0.270 e. The van der Waals surface area contributed by atoms with Gasteiger partial charge in [-0.25, -0.2) is 9.37 Å². The monoisotopic (exact) mass is 435 g/mol. The number of thioether (sulfide) groups is 1. The summed E-state index contributed by atoms with van der Waals surface area (Å²) >= 11 is 1.03. The summed E-state index contributed by atoms with van der Waals surface area (Å²) in [6, 6.07) is 17.7. The molecule has 0 amide bonds. The number of nitro benzene ring substituents is 1. The zero-order chi connectivity index (χ0) is 22.0. The Hall–Kier alpha value is -3.85. The van der Waals surface area contributed by atoms with E-state index < -0.39 is 10.7 Å². The van der Waals surface area contributed by atoms with Crippen molar-refractivity contribution in [1.82, 2.24) is 9.55 Å². The number of nitro groups is 1. The van der Waals surface area contributed by atoms with Crippen molar-refractivity contribution in [2.45, 2.75) is 5.16 Å². The second-order valence-corrected chi connectivity index (χ2v) is 7.49. The lowest BCUT2D eigenvalue weighted by Gasteiger charge is -2.13. The highest BCUT2D eigenvalue weighted by Crippen LogP contribution is 2.23. The second kappa shape index (κ2) is 8.49. The Kier molecular flexibility index (Phi) is 5.59. The summed E-state index contributed by atoms with van der Waals surface area (Å²) in [7, 11) is 0. The van der Waals surface area contributed by atoms with Gasteiger partial charge >= 0.3 is 0 Å². The predicted molar refractivity (Wildman–Crippen MR) is 115 cm³/mol. The minimum atomic E-state index is -0.568. The number of fused-ring (bicyclic) bond motifs is 1. The highest BCUT2D eigenvalue weighted by Gasteiger charge is 2.17. The molecule has 1 aromatic heterocycles. The number of hydrogen-bond donors (Lipinski definition) is 0. The molecule has 0 atom stereocenters. The van der Waals surface area contributed by atoms with Crippen LogP contribution in [-0.2, 0) is 0 Å². The highest BCUT2D eigenvalue weighted by atomic mass is 32.2. The van der Waals surface area contributed by atoms with E-state index in [0.717, 1.165) is 11.8 Å². The molecular weight excluding hydrogens is 421 g/mol. The Morgan fingerprint density at radius 2 is 1.81 bits per heavy atom. The van der Waals surface area contributed by atoms with E-state index in [9.17, 15) is 24.1 Å². The third-order valence-electron chi connectivity index (χ3n) is 4.54. The van der Waals surface area contributed by atoms with Crippen LogP contribution in [0.25, 0.3) is 16.6 Å². The first-order valence-corrected chi connectivity index (χ1v) is 10.1. The molecule has 0 saturated heterocycles. The van der Waals surface area contributed by atoms with Crippen LogP contribution in [0.3, 0.4) is 0 Å². The van der Waals surface area contributed by atoms with E-state index in [-0.39, 0.29) is 33.5 Å². The quantitative estimate of drug-likeness (QED) is 0.146. The molecule has 0 radical (unpaired) electrons. The normalized spacial score (nSPS) is 10.9. The number of benzene rings is 3. The number of ketones is 1. The van der Waals surface area contributed by atoms with Crippen molar-refractivity contribution in [3.8, 4) is 5.69 Å². The van der Waals surface area contributed by atoms with Crippen LogP contribution < -0.4 is 5.56 Å². The van der Waals surface area contributed by atoms with Crippen molar-refractivity contribution in [2.24, 2.45) is 0 Å². The zero-order valence-corrected chi connectivity index (χ0v) is 16.7. The number of non-ortho nitro benzene ring substituents is 1. The fourth-order valence-electron chi connectivity index (χ4n) is 3.03. The van der Waals surface area contributed by atoms with Crippen LogP contribution in [0.1, 0.15) is 10.4 Å². The molecule has 0 N–H and O–H groups in total. The Morgan fingerprint density at radius 1 is 1.06 bits per heavy atom. The third-order valence-corrected chi connectivity index (χ3v) is 5.48. The molecule has 4 aromatic rings. The van der Waals surface area contributed by atoms with E-state index in [2.05, 4.69) is 4.98 Å². The SMILES string of the molecule is O=C(CSc1nc2ccccc2c(=O)n1-c1ccc(F)cc1)c1cccc([N+](=O)[O-])c1. The fraction of sp³-hybridized carbons (Fsp3) is 0.0455. The van der Waals surface area contributed by atoms with Gasteiger partial charge in [-0.3, -0.25) is 24.3 Å². The highest BCUT2D eigenvalue weighted by molar-refractivity contribution is 7.99. The number of para-hydroxylation sites is 1. The van der Waals surface area contributed by atoms with E-state index in [1.807, 2.05) is 0 Å². The van der Waals surface area contributed by atoms with E-state index in [1.54, 1.807) is 24.3 Å². The molecule has 7 nitrogen and oxygen atoms in total. The minimum absolute atomic E-state index is 0.0901. The van der Waals surface area contributed by atoms with Crippen LogP contribution in [0.2, 0.25) is 0 Å². The van der Waals surface area contributed by atoms with Gasteiger partial charge in [0.15, 0.2) is 10.9 Å². The first-order valence-electron chi connectivity index (χ1n) is 9.12. The van der Waals surface area contributed by atoms with Crippen LogP contribution >= 0.6 is 11.8 Å². The van der Waals surface area contributed by atoms with E-state index in [0.29, 0.717) is 16.6 Å². The molecule has 4 rings (SSSR count). The summed E-state index contributed by atoms with van der Waals surface area (Å²) in [5.74, 6) is -0.880. The lowest BCUT2D eigenvalue weighted by molar-refractivity contribution is -0.384. The predicted octanol–water partition coefficient (Wildman–Crippen LogP) is 4.41. The molecule has 0 aliphatic rings. The van der Waals surface area contributed by atoms with Gasteiger partial charge < -0.3 is 0 Å². The third kappa shape index (κ3) is 4.22. The number of halogens is 1. The standard InChI is InChI=1S/C22H14FN3O4S/c23-15-8-10-16(11-9-15)25-21(28)18-6-1-2-7-19(18)24-22(25)31-13-20(27)14-4-3-5-17(12-14)26(29)30/h1-12H,13H2. The van der Waals surface area contributed by atoms with Crippen LogP contribution in [0, 0.1) is 15.9 Å². The van der Waals surface area contributed by atoms with Crippen molar-refractivity contribution >= 4 is 34.1 Å². The second-order valence-electron chi connectivity index (χ2n) is 6.55. The van der Waals surface area contributed by atoms with Gasteiger partial charge in [0.05, 0.1) is 27.3 Å². The Labute approximate surface area is 179 Å². The van der Waals surface area contributed by atoms with Crippen molar-refractivity contribution in [3.63, 3.8) is 0 Å². The van der Waals surface area contributed by atoms with Crippen LogP contribution in [0.5, 0.6) is 0 Å². The van der Waals surface area contributed by atoms with Gasteiger partial charge in [-0.2, -0.15) is 0 Å². The zero-order valence-electron chi connectivity index (χ0n) is 15.9. The Morgan fingerprint density at radius 3 is 2.55 bits per heavy atom. The van der Waals surface area contributed by atoms with Gasteiger partial charge in [0.25, 0.3) is 11.2 Å². The molecule has 154 valence electrons. The van der Waals surface area contributed by atoms with Gasteiger partial charge in [-0.15, -0.1) is 0 Å². The summed E-state index contributed by atoms with van der Waals surface area (Å²) in [6.07, 6.45) is 0. The Bertz CT molecular complexity index is 1370. The minimum Gasteiger partial charge on any atom is -0.293 e. The average molecular weight is 435 g/mol. The van der Waals surface area contributed by atoms with Gasteiger partial charge in [-0.05, 0) is 36.4 Å². The van der Waals surface area contributed by atoms with Crippen LogP contribution in [0.4, 0.5) is 10.1 Å². The van der Waals surface area contributed by atoms with Crippen molar-refractivity contribution in [2.75, 3.05) is 5.75 Å². The molecule has 3 aromatic carbocycles. The van der Waals surface area contributed by atoms with Crippen LogP contribution in [0.15, 0.2) is 82.7 Å². The molecule has 1 heterocycles. The molecule has 0 saturated carbocycles. The molecule has 0 spiro atoms. The molecule has 0 aliphatic heterocycles. The number of nitrogens with zero attached hydrogens (tertiary/aromatic N) is 3. The first-order chi connectivity index (χ1) is 14.9. The maximum absolute atomic E-state index is 13.4. The van der Waals surface area contributed by atoms with Gasteiger partial charge in [0, 0.05) is 17.7 Å². The van der Waals surface area contributed by atoms with Crippen molar-refractivity contribution in [3.05, 3.63) is 105 Å². The summed E-state index contributed by atoms with van der Waals surface area (Å²) in [5, 5.41) is 11.6. The summed E-state index contributed by atoms with van der Waals surface area (Å²) in [6.45, 7) is 0. The lowest BCUT2D eigenvalue weighted by atomic mass is 10.1. The number of Topliss-reactive ketones (excluding diaryl/α,β-unsaturated/α-hetero) is 1. The number of carbonyl (C=O) groups is 1. The molecule has 0 bridgehead atoms. The molecule has 0 aliphatic carbocycles. The number of carbonyl (C=O) groups excluding carboxylic acids is 1. The fourth-order valence-corrected chi connectivity index (χ4v) is 3.94. The van der Waals surface area contributed by atoms with Crippen LogP contribution in [-0.4, -0.2) is 26.0 Å². The molecule has 0 fully saturated rings. The Balaban J connectivity index is 1.73. The lowest BCUT2D eigenvalue weighted by Crippen LogP contribution is -2.22. The smallest absolute Gasteiger partial charge is 0.270 e. The van der Waals surface area contributed by atoms with Crippen molar-refractivity contribution in [1.29, 1.82) is 0 Å². The van der Waals surface area contributed by atoms with Gasteiger partial charge in [0.2, 0.25) is 0 Å². The maximum atomic E-state index is 13.4. The molecule has 31 heavy (non-hydrogen) atoms. The van der Waals surface area contributed by atoms with Gasteiger partial charge in [-0.1, -0.05) is 36.0 Å². The topological polar surface area (TPSA) is 95.1 Å². The number of rotatable bonds is 6. The number of aromatic nitrogens is 2. The first kappa shape index (κ1) is 20.4. The average Bonchev–Trinajstić information content (AvgIpc) is 2.78. The summed E-state index contributed by atoms with van der Waals surface area (Å²) in [4.78, 5) is 40.7. The van der Waals surface area contributed by atoms with Crippen molar-refractivity contribution < 1.29 is 14.1 Å². The summed E-state index contributed by atoms with van der Waals surface area (Å²) in [5.41, 5.74) is 0.551. The summed E-state index contributed by atoms with van der Waals surface area (Å²) < 4.78 is 14.7. The molecule has 9 heteroatoms. The molecular formula is C22H14FN3O4S. The van der Waals surface area contributed by atoms with E-state index >= 15 is 0 Å².